The van der Waals surface area contributed by atoms with Crippen LogP contribution in [0, 0.1) is 10.1 Å². The van der Waals surface area contributed by atoms with Gasteiger partial charge in [-0.05, 0) is 31.0 Å². The number of rotatable bonds is 5. The van der Waals surface area contributed by atoms with Gasteiger partial charge in [0.25, 0.3) is 5.69 Å². The van der Waals surface area contributed by atoms with Crippen molar-refractivity contribution in [2.24, 2.45) is 0 Å². The zero-order valence-electron chi connectivity index (χ0n) is 18.3. The lowest BCUT2D eigenvalue weighted by Crippen LogP contribution is -2.51. The van der Waals surface area contributed by atoms with E-state index in [4.69, 9.17) is 32.7 Å². The number of nitrogens with zero attached hydrogens (tertiary/aromatic N) is 3. The van der Waals surface area contributed by atoms with Crippen LogP contribution in [0.4, 0.5) is 5.69 Å². The van der Waals surface area contributed by atoms with E-state index in [1.54, 1.807) is 34.9 Å². The summed E-state index contributed by atoms with van der Waals surface area (Å²) in [6.07, 6.45) is 1.47. The Morgan fingerprint density at radius 2 is 1.88 bits per heavy atom. The van der Waals surface area contributed by atoms with Gasteiger partial charge < -0.3 is 14.5 Å². The van der Waals surface area contributed by atoms with Gasteiger partial charge in [0.05, 0.1) is 51.4 Å². The number of halogens is 2. The van der Waals surface area contributed by atoms with Gasteiger partial charge in [-0.2, -0.15) is 0 Å². The summed E-state index contributed by atoms with van der Waals surface area (Å²) in [4.78, 5) is 29.1. The van der Waals surface area contributed by atoms with E-state index in [0.717, 1.165) is 18.4 Å². The summed E-state index contributed by atoms with van der Waals surface area (Å²) in [5.41, 5.74) is 0.844. The molecular formula is C23H24Cl2N4O5. The molecule has 3 heterocycles. The van der Waals surface area contributed by atoms with Crippen LogP contribution < -0.4 is 5.69 Å². The number of aromatic amines is 1. The standard InChI is InChI=1S/C23H24Cl2N4O5/c24-17-11-19-21(12-18(17)25)28(22(30)26-19)15-5-7-27(8-6-15)13-23(14-33-9-10-34-23)16-3-1-2-4-20(16)29(31)32/h1-4,11-12,15H,5-10,13-14H2,(H,26,30). The summed E-state index contributed by atoms with van der Waals surface area (Å²) in [6, 6.07) is 10.1. The summed E-state index contributed by atoms with van der Waals surface area (Å²) in [5, 5.41) is 12.5. The Balaban J connectivity index is 1.37. The molecular weight excluding hydrogens is 483 g/mol. The minimum Gasteiger partial charge on any atom is -0.376 e. The van der Waals surface area contributed by atoms with E-state index in [1.807, 2.05) is 0 Å². The van der Waals surface area contributed by atoms with Gasteiger partial charge in [0.2, 0.25) is 0 Å². The molecule has 9 nitrogen and oxygen atoms in total. The van der Waals surface area contributed by atoms with E-state index < -0.39 is 5.60 Å². The lowest BCUT2D eigenvalue weighted by atomic mass is 9.90. The molecule has 2 aliphatic rings. The number of nitro groups is 1. The summed E-state index contributed by atoms with van der Waals surface area (Å²) in [5.74, 6) is 0. The molecule has 2 aliphatic heterocycles. The fourth-order valence-corrected chi connectivity index (χ4v) is 5.43. The Kier molecular flexibility index (Phi) is 6.39. The van der Waals surface area contributed by atoms with E-state index >= 15 is 0 Å². The van der Waals surface area contributed by atoms with Gasteiger partial charge in [0.15, 0.2) is 0 Å². The molecule has 5 rings (SSSR count). The number of likely N-dealkylation sites (tertiary alicyclic amines) is 1. The fraction of sp³-hybridized carbons (Fsp3) is 0.435. The molecule has 1 atom stereocenters. The van der Waals surface area contributed by atoms with Gasteiger partial charge in [0.1, 0.15) is 5.60 Å². The van der Waals surface area contributed by atoms with E-state index in [2.05, 4.69) is 9.88 Å². The lowest BCUT2D eigenvalue weighted by Gasteiger charge is -2.42. The van der Waals surface area contributed by atoms with Gasteiger partial charge in [0, 0.05) is 31.7 Å². The molecule has 0 bridgehead atoms. The van der Waals surface area contributed by atoms with E-state index in [1.165, 1.54) is 6.07 Å². The third-order valence-corrected chi connectivity index (χ3v) is 7.41. The first kappa shape index (κ1) is 23.3. The molecule has 0 aliphatic carbocycles. The maximum atomic E-state index is 12.7. The number of nitro benzene ring substituents is 1. The van der Waals surface area contributed by atoms with Crippen LogP contribution in [0.15, 0.2) is 41.2 Å². The molecule has 34 heavy (non-hydrogen) atoms. The average Bonchev–Trinajstić information content (AvgIpc) is 3.15. The predicted octanol–water partition coefficient (Wildman–Crippen LogP) is 4.12. The summed E-state index contributed by atoms with van der Waals surface area (Å²) in [7, 11) is 0. The second kappa shape index (κ2) is 9.31. The highest BCUT2D eigenvalue weighted by Crippen LogP contribution is 2.37. The summed E-state index contributed by atoms with van der Waals surface area (Å²) in [6.45, 7) is 2.96. The monoisotopic (exact) mass is 506 g/mol. The zero-order chi connectivity index (χ0) is 23.9. The second-order valence-electron chi connectivity index (χ2n) is 8.76. The maximum Gasteiger partial charge on any atom is 0.326 e. The Labute approximate surface area is 205 Å². The lowest BCUT2D eigenvalue weighted by molar-refractivity contribution is -0.387. The molecule has 0 radical (unpaired) electrons. The fourth-order valence-electron chi connectivity index (χ4n) is 5.10. The Hall–Kier alpha value is -2.43. The van der Waals surface area contributed by atoms with Crippen LogP contribution >= 0.6 is 23.2 Å². The van der Waals surface area contributed by atoms with E-state index in [-0.39, 0.29) is 28.9 Å². The number of piperidine rings is 1. The van der Waals surface area contributed by atoms with Crippen molar-refractivity contribution < 1.29 is 14.4 Å². The summed E-state index contributed by atoms with van der Waals surface area (Å²) < 4.78 is 13.7. The number of para-hydroxylation sites is 1. The van der Waals surface area contributed by atoms with Gasteiger partial charge in [-0.15, -0.1) is 0 Å². The molecule has 1 unspecified atom stereocenters. The molecule has 0 amide bonds. The molecule has 2 fully saturated rings. The molecule has 1 aromatic heterocycles. The minimum absolute atomic E-state index is 0.000257. The van der Waals surface area contributed by atoms with E-state index in [9.17, 15) is 14.9 Å². The molecule has 1 N–H and O–H groups in total. The Morgan fingerprint density at radius 3 is 2.59 bits per heavy atom. The van der Waals surface area contributed by atoms with Crippen molar-refractivity contribution in [2.75, 3.05) is 39.5 Å². The third kappa shape index (κ3) is 4.23. The second-order valence-corrected chi connectivity index (χ2v) is 9.57. The van der Waals surface area contributed by atoms with Crippen LogP contribution in [0.3, 0.4) is 0 Å². The summed E-state index contributed by atoms with van der Waals surface area (Å²) >= 11 is 12.3. The maximum absolute atomic E-state index is 12.7. The van der Waals surface area contributed by atoms with Gasteiger partial charge in [-0.25, -0.2) is 4.79 Å². The molecule has 2 aromatic carbocycles. The number of fused-ring (bicyclic) bond motifs is 1. The van der Waals surface area contributed by atoms with Crippen LogP contribution in [0.5, 0.6) is 0 Å². The highest BCUT2D eigenvalue weighted by atomic mass is 35.5. The zero-order valence-corrected chi connectivity index (χ0v) is 19.8. The first-order valence-electron chi connectivity index (χ1n) is 11.2. The minimum atomic E-state index is -0.920. The quantitative estimate of drug-likeness (QED) is 0.412. The number of ether oxygens (including phenoxy) is 2. The van der Waals surface area contributed by atoms with E-state index in [0.29, 0.717) is 54.0 Å². The first-order valence-corrected chi connectivity index (χ1v) is 11.9. The van der Waals surface area contributed by atoms with Crippen molar-refractivity contribution >= 4 is 39.9 Å². The van der Waals surface area contributed by atoms with Crippen molar-refractivity contribution in [2.45, 2.75) is 24.5 Å². The van der Waals surface area contributed by atoms with Crippen molar-refractivity contribution in [3.8, 4) is 0 Å². The molecule has 0 spiro atoms. The SMILES string of the molecule is O=c1[nH]c2cc(Cl)c(Cl)cc2n1C1CCN(CC2(c3ccccc3[N+](=O)[O-])COCCO2)CC1. The van der Waals surface area contributed by atoms with Crippen molar-refractivity contribution in [3.05, 3.63) is 72.6 Å². The van der Waals surface area contributed by atoms with Crippen LogP contribution in [0.2, 0.25) is 10.0 Å². The van der Waals surface area contributed by atoms with Crippen LogP contribution in [0.1, 0.15) is 24.4 Å². The highest BCUT2D eigenvalue weighted by Gasteiger charge is 2.43. The number of H-pyrrole nitrogens is 1. The number of nitrogens with one attached hydrogen (secondary N) is 1. The van der Waals surface area contributed by atoms with Crippen LogP contribution in [0.25, 0.3) is 11.0 Å². The number of imidazole rings is 1. The van der Waals surface area contributed by atoms with Crippen molar-refractivity contribution in [1.82, 2.24) is 14.5 Å². The molecule has 2 saturated heterocycles. The number of aromatic nitrogens is 2. The number of hydrogen-bond acceptors (Lipinski definition) is 6. The largest absolute Gasteiger partial charge is 0.376 e. The molecule has 3 aromatic rings. The smallest absolute Gasteiger partial charge is 0.326 e. The number of benzene rings is 2. The van der Waals surface area contributed by atoms with Crippen LogP contribution in [-0.4, -0.2) is 58.8 Å². The molecule has 0 saturated carbocycles. The Morgan fingerprint density at radius 1 is 1.15 bits per heavy atom. The topological polar surface area (TPSA) is 103 Å². The third-order valence-electron chi connectivity index (χ3n) is 6.69. The Bertz CT molecular complexity index is 1280. The van der Waals surface area contributed by atoms with Crippen molar-refractivity contribution in [1.29, 1.82) is 0 Å². The van der Waals surface area contributed by atoms with Crippen LogP contribution in [-0.2, 0) is 15.1 Å². The number of hydrogen-bond donors (Lipinski definition) is 1. The van der Waals surface area contributed by atoms with Gasteiger partial charge in [-0.1, -0.05) is 35.3 Å². The highest BCUT2D eigenvalue weighted by molar-refractivity contribution is 6.42. The van der Waals surface area contributed by atoms with Crippen molar-refractivity contribution in [3.63, 3.8) is 0 Å². The molecule has 180 valence electrons. The predicted molar refractivity (Wildman–Crippen MR) is 129 cm³/mol. The first-order chi connectivity index (χ1) is 16.4. The molecule has 11 heteroatoms. The van der Waals surface area contributed by atoms with Gasteiger partial charge >= 0.3 is 5.69 Å². The average molecular weight is 507 g/mol. The normalized spacial score (nSPS) is 22.3. The van der Waals surface area contributed by atoms with Gasteiger partial charge in [-0.3, -0.25) is 19.6 Å².